The second-order valence-electron chi connectivity index (χ2n) is 4.24. The van der Waals surface area contributed by atoms with Crippen LogP contribution in [0.2, 0.25) is 0 Å². The highest BCUT2D eigenvalue weighted by Crippen LogP contribution is 2.17. The zero-order chi connectivity index (χ0) is 13.8. The summed E-state index contributed by atoms with van der Waals surface area (Å²) in [4.78, 5) is 4.00. The van der Waals surface area contributed by atoms with Gasteiger partial charge in [0.1, 0.15) is 6.61 Å². The maximum atomic E-state index is 11.8. The van der Waals surface area contributed by atoms with E-state index >= 15 is 0 Å². The molecule has 8 heteroatoms. The van der Waals surface area contributed by atoms with Gasteiger partial charge in [-0.3, -0.25) is 0 Å². The zero-order valence-corrected chi connectivity index (χ0v) is 10.2. The molecule has 1 aromatic rings. The number of rotatable bonds is 6. The molecule has 0 saturated carbocycles. The van der Waals surface area contributed by atoms with E-state index in [1.54, 1.807) is 0 Å². The summed E-state index contributed by atoms with van der Waals surface area (Å²) in [5.41, 5.74) is 5.79. The molecule has 1 aromatic heterocycles. The second kappa shape index (κ2) is 6.14. The van der Waals surface area contributed by atoms with Crippen LogP contribution in [0.1, 0.15) is 31.6 Å². The number of aromatic nitrogens is 2. The van der Waals surface area contributed by atoms with Gasteiger partial charge in [0.2, 0.25) is 5.89 Å². The van der Waals surface area contributed by atoms with E-state index in [1.807, 2.05) is 13.8 Å². The lowest BCUT2D eigenvalue weighted by Gasteiger charge is -2.09. The Morgan fingerprint density at radius 3 is 2.61 bits per heavy atom. The SMILES string of the molecule is CC(C)[C@@H](N)c1nc(CCOCC(F)(F)F)no1. The normalized spacial score (nSPS) is 14.2. The Bertz CT molecular complexity index is 365. The van der Waals surface area contributed by atoms with Gasteiger partial charge in [0, 0.05) is 6.42 Å². The molecule has 0 aliphatic heterocycles. The van der Waals surface area contributed by atoms with Crippen LogP contribution in [0.15, 0.2) is 4.52 Å². The Morgan fingerprint density at radius 1 is 1.39 bits per heavy atom. The largest absolute Gasteiger partial charge is 0.411 e. The molecule has 0 aliphatic rings. The summed E-state index contributed by atoms with van der Waals surface area (Å²) in [6.45, 7) is 2.42. The lowest BCUT2D eigenvalue weighted by Crippen LogP contribution is -2.18. The van der Waals surface area contributed by atoms with Gasteiger partial charge in [0.15, 0.2) is 5.82 Å². The van der Waals surface area contributed by atoms with Crippen LogP contribution in [-0.2, 0) is 11.2 Å². The van der Waals surface area contributed by atoms with Crippen molar-refractivity contribution in [2.45, 2.75) is 32.5 Å². The summed E-state index contributed by atoms with van der Waals surface area (Å²) in [5, 5.41) is 3.63. The molecule has 0 unspecified atom stereocenters. The molecule has 0 aromatic carbocycles. The molecule has 5 nitrogen and oxygen atoms in total. The topological polar surface area (TPSA) is 74.2 Å². The Labute approximate surface area is 102 Å². The minimum atomic E-state index is -4.32. The molecule has 1 rings (SSSR count). The smallest absolute Gasteiger partial charge is 0.372 e. The summed E-state index contributed by atoms with van der Waals surface area (Å²) < 4.78 is 44.7. The monoisotopic (exact) mass is 267 g/mol. The minimum Gasteiger partial charge on any atom is -0.372 e. The summed E-state index contributed by atoms with van der Waals surface area (Å²) in [6, 6.07) is -0.373. The van der Waals surface area contributed by atoms with E-state index in [-0.39, 0.29) is 30.9 Å². The maximum Gasteiger partial charge on any atom is 0.411 e. The highest BCUT2D eigenvalue weighted by Gasteiger charge is 2.27. The predicted molar refractivity (Wildman–Crippen MR) is 56.6 cm³/mol. The van der Waals surface area contributed by atoms with Gasteiger partial charge in [-0.1, -0.05) is 19.0 Å². The van der Waals surface area contributed by atoms with E-state index in [2.05, 4.69) is 14.9 Å². The van der Waals surface area contributed by atoms with Gasteiger partial charge < -0.3 is 15.0 Å². The van der Waals surface area contributed by atoms with Crippen molar-refractivity contribution in [2.75, 3.05) is 13.2 Å². The molecule has 0 radical (unpaired) electrons. The third-order valence-electron chi connectivity index (χ3n) is 2.22. The first-order valence-corrected chi connectivity index (χ1v) is 5.52. The fourth-order valence-electron chi connectivity index (χ4n) is 1.14. The number of hydrogen-bond acceptors (Lipinski definition) is 5. The van der Waals surface area contributed by atoms with Crippen LogP contribution in [0, 0.1) is 5.92 Å². The van der Waals surface area contributed by atoms with Crippen LogP contribution in [0.3, 0.4) is 0 Å². The lowest BCUT2D eigenvalue weighted by atomic mass is 10.1. The van der Waals surface area contributed by atoms with E-state index in [4.69, 9.17) is 10.3 Å². The molecule has 0 bridgehead atoms. The van der Waals surface area contributed by atoms with Gasteiger partial charge in [-0.05, 0) is 5.92 Å². The molecular weight excluding hydrogens is 251 g/mol. The quantitative estimate of drug-likeness (QED) is 0.796. The summed E-state index contributed by atoms with van der Waals surface area (Å²) in [6.07, 6.45) is -4.16. The number of nitrogens with two attached hydrogens (primary N) is 1. The minimum absolute atomic E-state index is 0.116. The standard InChI is InChI=1S/C10H16F3N3O2/c1-6(2)8(14)9-15-7(16-18-9)3-4-17-5-10(11,12)13/h6,8H,3-5,14H2,1-2H3/t8-/m1/s1. The maximum absolute atomic E-state index is 11.8. The first-order valence-electron chi connectivity index (χ1n) is 5.52. The Kier molecular flexibility index (Phi) is 5.09. The molecule has 104 valence electrons. The lowest BCUT2D eigenvalue weighted by molar-refractivity contribution is -0.173. The van der Waals surface area contributed by atoms with E-state index < -0.39 is 12.8 Å². The number of halogens is 3. The number of hydrogen-bond donors (Lipinski definition) is 1. The van der Waals surface area contributed by atoms with E-state index in [0.29, 0.717) is 5.82 Å². The fourth-order valence-corrected chi connectivity index (χ4v) is 1.14. The first-order chi connectivity index (χ1) is 8.29. The van der Waals surface area contributed by atoms with Crippen LogP contribution in [-0.4, -0.2) is 29.5 Å². The van der Waals surface area contributed by atoms with Gasteiger partial charge in [0.25, 0.3) is 0 Å². The highest BCUT2D eigenvalue weighted by atomic mass is 19.4. The Hall–Kier alpha value is -1.15. The summed E-state index contributed by atoms with van der Waals surface area (Å²) >= 11 is 0. The van der Waals surface area contributed by atoms with Crippen molar-refractivity contribution >= 4 is 0 Å². The van der Waals surface area contributed by atoms with Crippen molar-refractivity contribution in [2.24, 2.45) is 11.7 Å². The van der Waals surface area contributed by atoms with Crippen molar-refractivity contribution in [3.8, 4) is 0 Å². The van der Waals surface area contributed by atoms with E-state index in [0.717, 1.165) is 0 Å². The molecule has 1 heterocycles. The Morgan fingerprint density at radius 2 is 2.06 bits per heavy atom. The molecule has 1 atom stereocenters. The van der Waals surface area contributed by atoms with Gasteiger partial charge in [-0.25, -0.2) is 0 Å². The van der Waals surface area contributed by atoms with Crippen LogP contribution >= 0.6 is 0 Å². The Balaban J connectivity index is 2.36. The van der Waals surface area contributed by atoms with Crippen LogP contribution < -0.4 is 5.73 Å². The molecule has 0 saturated heterocycles. The summed E-state index contributed by atoms with van der Waals surface area (Å²) in [7, 11) is 0. The molecular formula is C10H16F3N3O2. The van der Waals surface area contributed by atoms with Crippen molar-refractivity contribution in [1.82, 2.24) is 10.1 Å². The molecule has 0 aliphatic carbocycles. The van der Waals surface area contributed by atoms with Gasteiger partial charge in [-0.2, -0.15) is 18.2 Å². The third-order valence-corrected chi connectivity index (χ3v) is 2.22. The number of alkyl halides is 3. The number of nitrogens with zero attached hydrogens (tertiary/aromatic N) is 2. The van der Waals surface area contributed by atoms with Gasteiger partial charge in [-0.15, -0.1) is 0 Å². The molecule has 0 fully saturated rings. The number of ether oxygens (including phenoxy) is 1. The van der Waals surface area contributed by atoms with Crippen molar-refractivity contribution in [1.29, 1.82) is 0 Å². The molecule has 18 heavy (non-hydrogen) atoms. The predicted octanol–water partition coefficient (Wildman–Crippen LogP) is 1.85. The van der Waals surface area contributed by atoms with Crippen molar-refractivity contribution in [3.05, 3.63) is 11.7 Å². The second-order valence-corrected chi connectivity index (χ2v) is 4.24. The highest BCUT2D eigenvalue weighted by molar-refractivity contribution is 4.93. The van der Waals surface area contributed by atoms with Crippen molar-refractivity contribution in [3.63, 3.8) is 0 Å². The van der Waals surface area contributed by atoms with Gasteiger partial charge >= 0.3 is 6.18 Å². The third kappa shape index (κ3) is 5.01. The van der Waals surface area contributed by atoms with E-state index in [9.17, 15) is 13.2 Å². The van der Waals surface area contributed by atoms with Crippen LogP contribution in [0.25, 0.3) is 0 Å². The zero-order valence-electron chi connectivity index (χ0n) is 10.2. The van der Waals surface area contributed by atoms with E-state index in [1.165, 1.54) is 0 Å². The summed E-state index contributed by atoms with van der Waals surface area (Å²) in [5.74, 6) is 0.721. The average Bonchev–Trinajstić information content (AvgIpc) is 2.70. The average molecular weight is 267 g/mol. The molecule has 0 amide bonds. The molecule has 0 spiro atoms. The van der Waals surface area contributed by atoms with Gasteiger partial charge in [0.05, 0.1) is 12.6 Å². The first kappa shape index (κ1) is 14.9. The van der Waals surface area contributed by atoms with Crippen molar-refractivity contribution < 1.29 is 22.4 Å². The van der Waals surface area contributed by atoms with Crippen LogP contribution in [0.5, 0.6) is 0 Å². The molecule has 2 N–H and O–H groups in total. The van der Waals surface area contributed by atoms with Crippen LogP contribution in [0.4, 0.5) is 13.2 Å². The fraction of sp³-hybridized carbons (Fsp3) is 0.800.